The second kappa shape index (κ2) is 3.86. The molecule has 6 heteroatoms. The van der Waals surface area contributed by atoms with Crippen molar-refractivity contribution in [1.82, 2.24) is 4.31 Å². The first-order valence-electron chi connectivity index (χ1n) is 5.18. The van der Waals surface area contributed by atoms with Crippen molar-refractivity contribution in [2.45, 2.75) is 39.3 Å². The molecule has 1 unspecified atom stereocenters. The van der Waals surface area contributed by atoms with Gasteiger partial charge in [0.15, 0.2) is 0 Å². The van der Waals surface area contributed by atoms with E-state index in [1.54, 1.807) is 20.8 Å². The third-order valence-electron chi connectivity index (χ3n) is 1.38. The predicted octanol–water partition coefficient (Wildman–Crippen LogP) is 1.22. The molecule has 0 N–H and O–H groups in total. The van der Waals surface area contributed by atoms with Gasteiger partial charge in [-0.2, -0.15) is 4.31 Å². The molecule has 2 atom stereocenters. The summed E-state index contributed by atoms with van der Waals surface area (Å²) >= 11 is -2.14. The van der Waals surface area contributed by atoms with Crippen LogP contribution in [0.4, 0.5) is 4.79 Å². The summed E-state index contributed by atoms with van der Waals surface area (Å²) in [5, 5.41) is 0. The van der Waals surface area contributed by atoms with Crippen molar-refractivity contribution in [3.8, 4) is 0 Å². The Hall–Kier alpha value is -0.620. The van der Waals surface area contributed by atoms with Crippen LogP contribution in [0, 0.1) is 0 Å². The van der Waals surface area contributed by atoms with Gasteiger partial charge in [0.1, 0.15) is 5.60 Å². The first kappa shape index (κ1) is 8.67. The van der Waals surface area contributed by atoms with E-state index in [9.17, 15) is 9.00 Å². The highest BCUT2D eigenvalue weighted by Gasteiger charge is 2.36. The zero-order valence-corrected chi connectivity index (χ0v) is 9.38. The summed E-state index contributed by atoms with van der Waals surface area (Å²) in [7, 11) is 0. The van der Waals surface area contributed by atoms with E-state index in [0.29, 0.717) is 0 Å². The molecule has 1 aliphatic rings. The van der Waals surface area contributed by atoms with Crippen LogP contribution in [0.15, 0.2) is 0 Å². The molecule has 0 bridgehead atoms. The van der Waals surface area contributed by atoms with E-state index in [1.807, 2.05) is 0 Å². The Morgan fingerprint density at radius 2 is 2.29 bits per heavy atom. The molecule has 1 amide bonds. The average molecular weight is 223 g/mol. The number of hydrogen-bond acceptors (Lipinski definition) is 4. The Balaban J connectivity index is 2.82. The molecular formula is C8H15NO4S. The quantitative estimate of drug-likeness (QED) is 0.619. The van der Waals surface area contributed by atoms with Crippen molar-refractivity contribution in [2.75, 3.05) is 6.56 Å². The summed E-state index contributed by atoms with van der Waals surface area (Å²) in [6, 6.07) is -0.955. The summed E-state index contributed by atoms with van der Waals surface area (Å²) < 4.78 is 36.5. The molecule has 1 saturated heterocycles. The fraction of sp³-hybridized carbons (Fsp3) is 0.875. The highest BCUT2D eigenvalue weighted by atomic mass is 32.2. The monoisotopic (exact) mass is 223 g/mol. The van der Waals surface area contributed by atoms with Gasteiger partial charge in [-0.15, -0.1) is 0 Å². The minimum atomic E-state index is -2.14. The van der Waals surface area contributed by atoms with Crippen LogP contribution < -0.4 is 0 Å². The Labute approximate surface area is 89.0 Å². The van der Waals surface area contributed by atoms with Gasteiger partial charge in [-0.3, -0.25) is 4.18 Å². The number of ether oxygens (including phenoxy) is 1. The fourth-order valence-corrected chi connectivity index (χ4v) is 1.62. The molecule has 14 heavy (non-hydrogen) atoms. The molecule has 82 valence electrons. The maximum absolute atomic E-state index is 11.6. The van der Waals surface area contributed by atoms with E-state index >= 15 is 0 Å². The second-order valence-electron chi connectivity index (χ2n) is 3.90. The SMILES string of the molecule is [2H]C1([2H])OS(=O)N(C(=O)OC(C)(C)C)[C@H]1C. The molecular weight excluding hydrogens is 206 g/mol. The highest BCUT2D eigenvalue weighted by molar-refractivity contribution is 7.78. The van der Waals surface area contributed by atoms with Crippen molar-refractivity contribution in [2.24, 2.45) is 0 Å². The molecule has 0 spiro atoms. The first-order chi connectivity index (χ1) is 7.04. The smallest absolute Gasteiger partial charge is 0.424 e. The number of nitrogens with zero attached hydrogens (tertiary/aromatic N) is 1. The lowest BCUT2D eigenvalue weighted by Gasteiger charge is -2.24. The van der Waals surface area contributed by atoms with Gasteiger partial charge in [-0.25, -0.2) is 9.00 Å². The van der Waals surface area contributed by atoms with E-state index in [0.717, 1.165) is 4.31 Å². The van der Waals surface area contributed by atoms with Gasteiger partial charge in [0, 0.05) is 0 Å². The zero-order valence-electron chi connectivity index (χ0n) is 10.6. The summed E-state index contributed by atoms with van der Waals surface area (Å²) in [4.78, 5) is 11.6. The molecule has 1 aliphatic heterocycles. The number of hydrogen-bond donors (Lipinski definition) is 0. The number of amides is 1. The Morgan fingerprint density at radius 1 is 1.71 bits per heavy atom. The van der Waals surface area contributed by atoms with Crippen molar-refractivity contribution in [3.05, 3.63) is 0 Å². The third kappa shape index (κ3) is 2.68. The van der Waals surface area contributed by atoms with Crippen LogP contribution in [-0.4, -0.2) is 32.8 Å². The Morgan fingerprint density at radius 3 is 2.64 bits per heavy atom. The Bertz CT molecular complexity index is 328. The fourth-order valence-electron chi connectivity index (χ4n) is 0.854. The van der Waals surface area contributed by atoms with Crippen LogP contribution in [0.2, 0.25) is 0 Å². The summed E-state index contributed by atoms with van der Waals surface area (Å²) in [6.45, 7) is 4.30. The molecule has 5 nitrogen and oxygen atoms in total. The number of carbonyl (C=O) groups is 1. The predicted molar refractivity (Wildman–Crippen MR) is 51.6 cm³/mol. The van der Waals surface area contributed by atoms with Crippen molar-refractivity contribution in [3.63, 3.8) is 0 Å². The highest BCUT2D eigenvalue weighted by Crippen LogP contribution is 2.18. The van der Waals surface area contributed by atoms with Crippen molar-refractivity contribution >= 4 is 17.4 Å². The van der Waals surface area contributed by atoms with Crippen molar-refractivity contribution < 1.29 is 20.7 Å². The van der Waals surface area contributed by atoms with E-state index < -0.39 is 35.6 Å². The van der Waals surface area contributed by atoms with Gasteiger partial charge in [-0.1, -0.05) is 0 Å². The zero-order chi connectivity index (χ0) is 12.7. The van der Waals surface area contributed by atoms with E-state index in [1.165, 1.54) is 6.92 Å². The van der Waals surface area contributed by atoms with Gasteiger partial charge in [0.05, 0.1) is 15.3 Å². The lowest BCUT2D eigenvalue weighted by molar-refractivity contribution is 0.0372. The average Bonchev–Trinajstić information content (AvgIpc) is 2.17. The Kier molecular flexibility index (Phi) is 2.39. The summed E-state index contributed by atoms with van der Waals surface area (Å²) in [6.07, 6.45) is -0.847. The van der Waals surface area contributed by atoms with Crippen molar-refractivity contribution in [1.29, 1.82) is 0 Å². The topological polar surface area (TPSA) is 55.8 Å². The lowest BCUT2D eigenvalue weighted by Crippen LogP contribution is -2.39. The van der Waals surface area contributed by atoms with Crippen LogP contribution in [0.5, 0.6) is 0 Å². The summed E-state index contributed by atoms with van der Waals surface area (Å²) in [5.74, 6) is 0. The molecule has 0 saturated carbocycles. The van der Waals surface area contributed by atoms with Crippen LogP contribution in [0.1, 0.15) is 30.4 Å². The standard InChI is InChI=1S/C8H15NO4S/c1-6-5-12-14(11)9(6)7(10)13-8(2,3)4/h6H,5H2,1-4H3/t6-,14?/m0/s1/i5D2. The second-order valence-corrected chi connectivity index (χ2v) is 4.89. The van der Waals surface area contributed by atoms with Gasteiger partial charge >= 0.3 is 6.09 Å². The molecule has 1 rings (SSSR count). The molecule has 0 aliphatic carbocycles. The van der Waals surface area contributed by atoms with Gasteiger partial charge in [-0.05, 0) is 27.7 Å². The van der Waals surface area contributed by atoms with Gasteiger partial charge in [0.2, 0.25) is 0 Å². The molecule has 0 aromatic heterocycles. The first-order valence-corrected chi connectivity index (χ1v) is 5.21. The lowest BCUT2D eigenvalue weighted by atomic mass is 10.2. The third-order valence-corrected chi connectivity index (χ3v) is 2.40. The molecule has 1 fully saturated rings. The van der Waals surface area contributed by atoms with E-state index in [4.69, 9.17) is 7.48 Å². The van der Waals surface area contributed by atoms with Gasteiger partial charge < -0.3 is 4.74 Å². The summed E-state index contributed by atoms with van der Waals surface area (Å²) in [5.41, 5.74) is -0.726. The van der Waals surface area contributed by atoms with Crippen LogP contribution in [0.3, 0.4) is 0 Å². The number of carbonyl (C=O) groups excluding carboxylic acids is 1. The molecule has 0 radical (unpaired) electrons. The maximum Gasteiger partial charge on any atom is 0.424 e. The molecule has 0 aromatic rings. The molecule has 0 aromatic carbocycles. The van der Waals surface area contributed by atoms with E-state index in [-0.39, 0.29) is 0 Å². The van der Waals surface area contributed by atoms with Gasteiger partial charge in [0.25, 0.3) is 11.3 Å². The van der Waals surface area contributed by atoms with E-state index in [2.05, 4.69) is 4.18 Å². The van der Waals surface area contributed by atoms with Crippen LogP contribution in [0.25, 0.3) is 0 Å². The van der Waals surface area contributed by atoms with Crippen LogP contribution in [-0.2, 0) is 20.2 Å². The minimum Gasteiger partial charge on any atom is -0.443 e. The number of rotatable bonds is 0. The normalized spacial score (nSPS) is 33.6. The largest absolute Gasteiger partial charge is 0.443 e. The maximum atomic E-state index is 11.6. The van der Waals surface area contributed by atoms with Crippen LogP contribution >= 0.6 is 0 Å². The minimum absolute atomic E-state index is 0.726. The molecule has 1 heterocycles.